The predicted octanol–water partition coefficient (Wildman–Crippen LogP) is 1.65. The summed E-state index contributed by atoms with van der Waals surface area (Å²) in [5.74, 6) is 0.945. The maximum atomic E-state index is 12.6. The molecule has 0 aromatic carbocycles. The number of piperidine rings is 1. The number of rotatable bonds is 3. The quantitative estimate of drug-likeness (QED) is 0.828. The van der Waals surface area contributed by atoms with Gasteiger partial charge in [0, 0.05) is 38.2 Å². The van der Waals surface area contributed by atoms with Crippen LogP contribution in [0.3, 0.4) is 0 Å². The highest BCUT2D eigenvalue weighted by Crippen LogP contribution is 2.24. The molecule has 0 bridgehead atoms. The van der Waals surface area contributed by atoms with Crippen LogP contribution in [0.15, 0.2) is 33.4 Å². The maximum Gasteiger partial charge on any atom is 0.276 e. The van der Waals surface area contributed by atoms with Crippen molar-refractivity contribution < 1.29 is 23.3 Å². The van der Waals surface area contributed by atoms with Crippen LogP contribution in [0.4, 0.5) is 0 Å². The molecule has 4 heterocycles. The largest absolute Gasteiger partial charge is 0.461 e. The van der Waals surface area contributed by atoms with Gasteiger partial charge >= 0.3 is 0 Å². The maximum absolute atomic E-state index is 12.6. The molecule has 26 heavy (non-hydrogen) atoms. The van der Waals surface area contributed by atoms with E-state index < -0.39 is 0 Å². The first-order chi connectivity index (χ1) is 12.7. The molecule has 2 aliphatic heterocycles. The Morgan fingerprint density at radius 2 is 1.81 bits per heavy atom. The summed E-state index contributed by atoms with van der Waals surface area (Å²) in [5.41, 5.74) is 0.259. The van der Waals surface area contributed by atoms with Gasteiger partial charge in [-0.3, -0.25) is 9.59 Å². The summed E-state index contributed by atoms with van der Waals surface area (Å²) in [5, 5.41) is 3.86. The smallest absolute Gasteiger partial charge is 0.276 e. The molecule has 0 aliphatic carbocycles. The first-order valence-corrected chi connectivity index (χ1v) is 8.89. The summed E-state index contributed by atoms with van der Waals surface area (Å²) in [6.45, 7) is 3.62. The zero-order valence-electron chi connectivity index (χ0n) is 14.4. The molecule has 0 saturated carbocycles. The average Bonchev–Trinajstić information content (AvgIpc) is 3.39. The van der Waals surface area contributed by atoms with Crippen molar-refractivity contribution in [2.75, 3.05) is 39.4 Å². The molecule has 2 aliphatic rings. The van der Waals surface area contributed by atoms with Gasteiger partial charge in [0.15, 0.2) is 11.5 Å². The van der Waals surface area contributed by atoms with Crippen molar-refractivity contribution >= 4 is 11.8 Å². The first kappa shape index (κ1) is 16.8. The highest BCUT2D eigenvalue weighted by atomic mass is 16.5. The minimum atomic E-state index is -0.177. The van der Waals surface area contributed by atoms with Gasteiger partial charge in [-0.2, -0.15) is 0 Å². The van der Waals surface area contributed by atoms with Crippen LogP contribution in [0.1, 0.15) is 23.3 Å². The third-order valence-electron chi connectivity index (χ3n) is 4.95. The summed E-state index contributed by atoms with van der Waals surface area (Å²) >= 11 is 0. The van der Waals surface area contributed by atoms with Gasteiger partial charge in [-0.25, -0.2) is 0 Å². The number of carbonyl (C=O) groups is 2. The van der Waals surface area contributed by atoms with Crippen molar-refractivity contribution in [1.82, 2.24) is 15.0 Å². The average molecular weight is 359 g/mol. The molecule has 4 rings (SSSR count). The summed E-state index contributed by atoms with van der Waals surface area (Å²) in [4.78, 5) is 28.8. The number of amides is 2. The van der Waals surface area contributed by atoms with Crippen LogP contribution in [-0.4, -0.2) is 66.2 Å². The van der Waals surface area contributed by atoms with E-state index in [4.69, 9.17) is 13.7 Å². The van der Waals surface area contributed by atoms with E-state index in [2.05, 4.69) is 5.16 Å². The van der Waals surface area contributed by atoms with Crippen LogP contribution in [0.2, 0.25) is 0 Å². The Kier molecular flexibility index (Phi) is 4.75. The van der Waals surface area contributed by atoms with Gasteiger partial charge in [-0.1, -0.05) is 5.16 Å². The van der Waals surface area contributed by atoms with E-state index in [9.17, 15) is 9.59 Å². The number of nitrogens with zero attached hydrogens (tertiary/aromatic N) is 3. The Balaban J connectivity index is 1.34. The van der Waals surface area contributed by atoms with E-state index in [1.807, 2.05) is 4.90 Å². The van der Waals surface area contributed by atoms with Crippen molar-refractivity contribution in [2.45, 2.75) is 12.8 Å². The molecule has 8 nitrogen and oxygen atoms in total. The molecular formula is C18H21N3O5. The van der Waals surface area contributed by atoms with Gasteiger partial charge < -0.3 is 23.5 Å². The summed E-state index contributed by atoms with van der Waals surface area (Å²) in [7, 11) is 0. The number of aromatic nitrogens is 1. The van der Waals surface area contributed by atoms with E-state index in [-0.39, 0.29) is 23.4 Å². The second-order valence-electron chi connectivity index (χ2n) is 6.56. The number of likely N-dealkylation sites (tertiary alicyclic amines) is 1. The lowest BCUT2D eigenvalue weighted by atomic mass is 9.95. The Morgan fingerprint density at radius 3 is 2.50 bits per heavy atom. The standard InChI is InChI=1S/C18H21N3O5/c22-17(21-7-10-24-11-8-21)13-3-5-20(6-4-13)18(23)14-12-16(26-19-14)15-2-1-9-25-15/h1-2,9,12-13H,3-8,10-11H2. The number of morpholine rings is 1. The number of furan rings is 1. The van der Waals surface area contributed by atoms with E-state index in [1.54, 1.807) is 23.1 Å². The molecule has 138 valence electrons. The zero-order valence-corrected chi connectivity index (χ0v) is 14.4. The molecule has 2 aromatic heterocycles. The molecule has 2 fully saturated rings. The molecule has 0 atom stereocenters. The lowest BCUT2D eigenvalue weighted by molar-refractivity contribution is -0.141. The fourth-order valence-electron chi connectivity index (χ4n) is 3.44. The lowest BCUT2D eigenvalue weighted by Gasteiger charge is -2.35. The molecule has 0 spiro atoms. The summed E-state index contributed by atoms with van der Waals surface area (Å²) in [6.07, 6.45) is 2.88. The van der Waals surface area contributed by atoms with Crippen molar-refractivity contribution in [3.8, 4) is 11.5 Å². The molecule has 8 heteroatoms. The monoisotopic (exact) mass is 359 g/mol. The minimum Gasteiger partial charge on any atom is -0.461 e. The summed E-state index contributed by atoms with van der Waals surface area (Å²) in [6, 6.07) is 5.08. The van der Waals surface area contributed by atoms with E-state index in [0.29, 0.717) is 63.8 Å². The minimum absolute atomic E-state index is 0.0202. The van der Waals surface area contributed by atoms with E-state index in [0.717, 1.165) is 0 Å². The van der Waals surface area contributed by atoms with Gasteiger partial charge in [-0.05, 0) is 25.0 Å². The topological polar surface area (TPSA) is 89.0 Å². The van der Waals surface area contributed by atoms with Gasteiger partial charge in [0.25, 0.3) is 5.91 Å². The van der Waals surface area contributed by atoms with E-state index in [1.165, 1.54) is 6.26 Å². The van der Waals surface area contributed by atoms with Crippen molar-refractivity contribution in [1.29, 1.82) is 0 Å². The highest BCUT2D eigenvalue weighted by molar-refractivity contribution is 5.93. The van der Waals surface area contributed by atoms with Crippen LogP contribution >= 0.6 is 0 Å². The van der Waals surface area contributed by atoms with Crippen molar-refractivity contribution in [3.63, 3.8) is 0 Å². The zero-order chi connectivity index (χ0) is 17.9. The Morgan fingerprint density at radius 1 is 1.04 bits per heavy atom. The van der Waals surface area contributed by atoms with Crippen LogP contribution in [-0.2, 0) is 9.53 Å². The molecule has 0 N–H and O–H groups in total. The normalized spacial score (nSPS) is 18.9. The van der Waals surface area contributed by atoms with Crippen LogP contribution in [0, 0.1) is 5.92 Å². The van der Waals surface area contributed by atoms with Gasteiger partial charge in [0.05, 0.1) is 19.5 Å². The third-order valence-corrected chi connectivity index (χ3v) is 4.95. The van der Waals surface area contributed by atoms with Crippen LogP contribution in [0.25, 0.3) is 11.5 Å². The predicted molar refractivity (Wildman–Crippen MR) is 90.2 cm³/mol. The summed E-state index contributed by atoms with van der Waals surface area (Å²) < 4.78 is 15.7. The van der Waals surface area contributed by atoms with Crippen molar-refractivity contribution in [3.05, 3.63) is 30.2 Å². The fourth-order valence-corrected chi connectivity index (χ4v) is 3.44. The Labute approximate surface area is 150 Å². The number of hydrogen-bond acceptors (Lipinski definition) is 6. The van der Waals surface area contributed by atoms with Gasteiger partial charge in [-0.15, -0.1) is 0 Å². The molecule has 2 saturated heterocycles. The Bertz CT molecular complexity index is 756. The lowest BCUT2D eigenvalue weighted by Crippen LogP contribution is -2.47. The van der Waals surface area contributed by atoms with Crippen LogP contribution in [0.5, 0.6) is 0 Å². The third kappa shape index (κ3) is 3.37. The van der Waals surface area contributed by atoms with Gasteiger partial charge in [0.2, 0.25) is 11.7 Å². The molecule has 2 amide bonds. The van der Waals surface area contributed by atoms with Gasteiger partial charge in [0.1, 0.15) is 0 Å². The first-order valence-electron chi connectivity index (χ1n) is 8.89. The van der Waals surface area contributed by atoms with E-state index >= 15 is 0 Å². The van der Waals surface area contributed by atoms with Crippen molar-refractivity contribution in [2.24, 2.45) is 5.92 Å². The second-order valence-corrected chi connectivity index (χ2v) is 6.56. The van der Waals surface area contributed by atoms with Crippen LogP contribution < -0.4 is 0 Å². The SMILES string of the molecule is O=C(c1cc(-c2ccco2)on1)N1CCC(C(=O)N2CCOCC2)CC1. The fraction of sp³-hybridized carbons (Fsp3) is 0.500. The number of hydrogen-bond donors (Lipinski definition) is 0. The number of ether oxygens (including phenoxy) is 1. The number of carbonyl (C=O) groups excluding carboxylic acids is 2. The molecule has 0 radical (unpaired) electrons. The Hall–Kier alpha value is -2.61. The molecule has 0 unspecified atom stereocenters. The highest BCUT2D eigenvalue weighted by Gasteiger charge is 2.32. The molecule has 2 aromatic rings. The molecular weight excluding hydrogens is 338 g/mol. The second kappa shape index (κ2) is 7.33.